The number of carbonyl (C=O) groups is 1. The molecule has 0 atom stereocenters. The van der Waals surface area contributed by atoms with Crippen molar-refractivity contribution in [2.75, 3.05) is 13.2 Å². The number of aromatic nitrogens is 1. The topological polar surface area (TPSA) is 64.8 Å². The molecule has 6 nitrogen and oxygen atoms in total. The van der Waals surface area contributed by atoms with Gasteiger partial charge in [-0.2, -0.15) is 5.10 Å². The maximum Gasteiger partial charge on any atom is 0.427 e. The van der Waals surface area contributed by atoms with Crippen LogP contribution in [0.4, 0.5) is 4.79 Å². The molecule has 140 valence electrons. The zero-order chi connectivity index (χ0) is 19.1. The number of halogens is 1. The number of amides is 1. The summed E-state index contributed by atoms with van der Waals surface area (Å²) in [5, 5.41) is 5.01. The molecule has 1 N–H and O–H groups in total. The minimum Gasteiger partial charge on any atom is -0.492 e. The second-order valence-electron chi connectivity index (χ2n) is 5.69. The number of hydrazone groups is 1. The number of hydrogen-bond donors (Lipinski definition) is 1. The van der Waals surface area contributed by atoms with Crippen molar-refractivity contribution in [1.29, 1.82) is 0 Å². The van der Waals surface area contributed by atoms with Crippen molar-refractivity contribution in [3.05, 3.63) is 64.8 Å². The Kier molecular flexibility index (Phi) is 6.49. The quantitative estimate of drug-likeness (QED) is 0.442. The lowest BCUT2D eigenvalue weighted by Gasteiger charge is -2.08. The Morgan fingerprint density at radius 2 is 2.00 bits per heavy atom. The number of nitrogens with one attached hydrogen (secondary N) is 1. The van der Waals surface area contributed by atoms with Gasteiger partial charge >= 0.3 is 6.09 Å². The van der Waals surface area contributed by atoms with Gasteiger partial charge in [0.15, 0.2) is 0 Å². The van der Waals surface area contributed by atoms with Gasteiger partial charge in [-0.3, -0.25) is 0 Å². The average Bonchev–Trinajstić information content (AvgIpc) is 3.02. The molecule has 0 radical (unpaired) electrons. The standard InChI is InChI=1S/C20H20BrN3O3/c1-2-26-20(25)23-22-13-15-14-24(19-6-4-3-5-18(15)19)11-12-27-17-9-7-16(21)8-10-17/h3-10,13-14H,2,11-12H2,1H3,(H,23,25)/b22-13-. The maximum atomic E-state index is 11.3. The summed E-state index contributed by atoms with van der Waals surface area (Å²) in [6, 6.07) is 15.8. The number of benzene rings is 2. The highest BCUT2D eigenvalue weighted by atomic mass is 79.9. The highest BCUT2D eigenvalue weighted by Crippen LogP contribution is 2.20. The van der Waals surface area contributed by atoms with Gasteiger partial charge < -0.3 is 14.0 Å². The highest BCUT2D eigenvalue weighted by Gasteiger charge is 2.07. The van der Waals surface area contributed by atoms with Crippen LogP contribution in [0, 0.1) is 0 Å². The van der Waals surface area contributed by atoms with Crippen LogP contribution < -0.4 is 10.2 Å². The van der Waals surface area contributed by atoms with Crippen LogP contribution in [0.15, 0.2) is 64.3 Å². The van der Waals surface area contributed by atoms with E-state index >= 15 is 0 Å². The minimum absolute atomic E-state index is 0.305. The van der Waals surface area contributed by atoms with Gasteiger partial charge in [-0.15, -0.1) is 0 Å². The van der Waals surface area contributed by atoms with Crippen LogP contribution >= 0.6 is 15.9 Å². The predicted molar refractivity (Wildman–Crippen MR) is 109 cm³/mol. The Hall–Kier alpha value is -2.80. The Balaban J connectivity index is 1.69. The number of ether oxygens (including phenoxy) is 2. The molecular formula is C20H20BrN3O3. The van der Waals surface area contributed by atoms with Crippen molar-refractivity contribution < 1.29 is 14.3 Å². The molecule has 3 aromatic rings. The summed E-state index contributed by atoms with van der Waals surface area (Å²) >= 11 is 3.41. The number of hydrogen-bond acceptors (Lipinski definition) is 4. The molecule has 27 heavy (non-hydrogen) atoms. The Labute approximate surface area is 165 Å². The second-order valence-corrected chi connectivity index (χ2v) is 6.60. The van der Waals surface area contributed by atoms with E-state index in [2.05, 4.69) is 31.0 Å². The van der Waals surface area contributed by atoms with Crippen LogP contribution in [-0.4, -0.2) is 30.1 Å². The molecule has 1 amide bonds. The molecule has 1 heterocycles. The van der Waals surface area contributed by atoms with Crippen LogP contribution in [0.3, 0.4) is 0 Å². The van der Waals surface area contributed by atoms with Crippen molar-refractivity contribution in [2.24, 2.45) is 5.10 Å². The maximum absolute atomic E-state index is 11.3. The van der Waals surface area contributed by atoms with Gasteiger partial charge in [-0.25, -0.2) is 10.2 Å². The Bertz CT molecular complexity index is 935. The molecule has 0 saturated heterocycles. The van der Waals surface area contributed by atoms with Crippen molar-refractivity contribution in [1.82, 2.24) is 9.99 Å². The average molecular weight is 430 g/mol. The monoisotopic (exact) mass is 429 g/mol. The summed E-state index contributed by atoms with van der Waals surface area (Å²) in [7, 11) is 0. The first kappa shape index (κ1) is 19.0. The van der Waals surface area contributed by atoms with Crippen LogP contribution in [0.2, 0.25) is 0 Å². The van der Waals surface area contributed by atoms with Crippen LogP contribution in [0.1, 0.15) is 12.5 Å². The fourth-order valence-electron chi connectivity index (χ4n) is 2.67. The molecule has 1 aromatic heterocycles. The molecule has 0 spiro atoms. The molecule has 0 fully saturated rings. The molecule has 0 aliphatic carbocycles. The molecular weight excluding hydrogens is 410 g/mol. The Morgan fingerprint density at radius 3 is 2.78 bits per heavy atom. The third kappa shape index (κ3) is 5.10. The number of rotatable bonds is 7. The summed E-state index contributed by atoms with van der Waals surface area (Å²) in [6.45, 7) is 3.28. The number of nitrogens with zero attached hydrogens (tertiary/aromatic N) is 2. The summed E-state index contributed by atoms with van der Waals surface area (Å²) in [6.07, 6.45) is 3.04. The third-order valence-corrected chi connectivity index (χ3v) is 4.40. The van der Waals surface area contributed by atoms with Crippen molar-refractivity contribution in [3.8, 4) is 5.75 Å². The first-order valence-corrected chi connectivity index (χ1v) is 9.38. The fraction of sp³-hybridized carbons (Fsp3) is 0.200. The molecule has 3 rings (SSSR count). The minimum atomic E-state index is -0.569. The lowest BCUT2D eigenvalue weighted by Crippen LogP contribution is -2.18. The smallest absolute Gasteiger partial charge is 0.427 e. The molecule has 2 aromatic carbocycles. The number of fused-ring (bicyclic) bond motifs is 1. The summed E-state index contributed by atoms with van der Waals surface area (Å²) in [5.74, 6) is 0.829. The predicted octanol–water partition coefficient (Wildman–Crippen LogP) is 4.56. The van der Waals surface area contributed by atoms with E-state index < -0.39 is 6.09 Å². The van der Waals surface area contributed by atoms with E-state index in [9.17, 15) is 4.79 Å². The first-order chi connectivity index (χ1) is 13.2. The summed E-state index contributed by atoms with van der Waals surface area (Å²) in [5.41, 5.74) is 4.33. The third-order valence-electron chi connectivity index (χ3n) is 3.87. The van der Waals surface area contributed by atoms with Gasteiger partial charge in [0.2, 0.25) is 0 Å². The summed E-state index contributed by atoms with van der Waals surface area (Å²) in [4.78, 5) is 11.3. The van der Waals surface area contributed by atoms with Crippen molar-refractivity contribution in [2.45, 2.75) is 13.5 Å². The van der Waals surface area contributed by atoms with Gasteiger partial charge in [0.1, 0.15) is 12.4 Å². The van der Waals surface area contributed by atoms with Crippen LogP contribution in [0.5, 0.6) is 5.75 Å². The van der Waals surface area contributed by atoms with Crippen LogP contribution in [-0.2, 0) is 11.3 Å². The fourth-order valence-corrected chi connectivity index (χ4v) is 2.94. The zero-order valence-electron chi connectivity index (χ0n) is 14.9. The molecule has 0 saturated carbocycles. The normalized spacial score (nSPS) is 11.0. The highest BCUT2D eigenvalue weighted by molar-refractivity contribution is 9.10. The van der Waals surface area contributed by atoms with E-state index in [1.54, 1.807) is 13.1 Å². The van der Waals surface area contributed by atoms with Gasteiger partial charge in [0, 0.05) is 27.1 Å². The summed E-state index contributed by atoms with van der Waals surface area (Å²) < 4.78 is 13.7. The largest absolute Gasteiger partial charge is 0.492 e. The molecule has 0 aliphatic rings. The van der Waals surface area contributed by atoms with E-state index in [0.29, 0.717) is 19.8 Å². The molecule has 0 unspecified atom stereocenters. The van der Waals surface area contributed by atoms with Crippen LogP contribution in [0.25, 0.3) is 10.9 Å². The zero-order valence-corrected chi connectivity index (χ0v) is 16.5. The van der Waals surface area contributed by atoms with E-state index in [1.807, 2.05) is 54.7 Å². The van der Waals surface area contributed by atoms with E-state index in [4.69, 9.17) is 9.47 Å². The van der Waals surface area contributed by atoms with Gasteiger partial charge in [-0.05, 0) is 37.3 Å². The number of carbonyl (C=O) groups excluding carboxylic acids is 1. The lowest BCUT2D eigenvalue weighted by atomic mass is 10.2. The van der Waals surface area contributed by atoms with Crippen molar-refractivity contribution >= 4 is 39.1 Å². The van der Waals surface area contributed by atoms with E-state index in [0.717, 1.165) is 26.7 Å². The van der Waals surface area contributed by atoms with E-state index in [1.165, 1.54) is 0 Å². The van der Waals surface area contributed by atoms with Crippen molar-refractivity contribution in [3.63, 3.8) is 0 Å². The number of para-hydroxylation sites is 1. The lowest BCUT2D eigenvalue weighted by molar-refractivity contribution is 0.152. The van der Waals surface area contributed by atoms with Gasteiger partial charge in [0.05, 0.1) is 19.4 Å². The van der Waals surface area contributed by atoms with Gasteiger partial charge in [0.25, 0.3) is 0 Å². The Morgan fingerprint density at radius 1 is 1.22 bits per heavy atom. The van der Waals surface area contributed by atoms with Gasteiger partial charge in [-0.1, -0.05) is 34.1 Å². The molecule has 0 aliphatic heterocycles. The van der Waals surface area contributed by atoms with E-state index in [-0.39, 0.29) is 0 Å². The SMILES string of the molecule is CCOC(=O)N/N=C\c1cn(CCOc2ccc(Br)cc2)c2ccccc12. The first-order valence-electron chi connectivity index (χ1n) is 8.59. The molecule has 0 bridgehead atoms. The second kappa shape index (κ2) is 9.23. The molecule has 7 heteroatoms.